The highest BCUT2D eigenvalue weighted by Crippen LogP contribution is 2.39. The van der Waals surface area contributed by atoms with Crippen LogP contribution in [0.3, 0.4) is 0 Å². The lowest BCUT2D eigenvalue weighted by Gasteiger charge is -2.29. The number of hydrogen-bond acceptors (Lipinski definition) is 6. The van der Waals surface area contributed by atoms with E-state index in [4.69, 9.17) is 10.8 Å². The largest absolute Gasteiger partial charge is 0.352 e. The van der Waals surface area contributed by atoms with Gasteiger partial charge in [0.25, 0.3) is 0 Å². The third kappa shape index (κ3) is 2.86. The quantitative estimate of drug-likeness (QED) is 0.638. The Hall–Kier alpha value is -1.40. The van der Waals surface area contributed by atoms with Gasteiger partial charge in [0.1, 0.15) is 17.5 Å². The van der Waals surface area contributed by atoms with E-state index in [1.807, 2.05) is 6.07 Å². The van der Waals surface area contributed by atoms with Crippen molar-refractivity contribution >= 4 is 11.6 Å². The van der Waals surface area contributed by atoms with Crippen LogP contribution in [-0.4, -0.2) is 47.6 Å². The summed E-state index contributed by atoms with van der Waals surface area (Å²) in [5, 5.41) is 0. The lowest BCUT2D eigenvalue weighted by atomic mass is 10.2. The number of rotatable bonds is 3. The van der Waals surface area contributed by atoms with Crippen molar-refractivity contribution in [3.05, 3.63) is 11.9 Å². The summed E-state index contributed by atoms with van der Waals surface area (Å²) < 4.78 is 0. The number of nitrogens with zero attached hydrogens (tertiary/aromatic N) is 4. The predicted octanol–water partition coefficient (Wildman–Crippen LogP) is 1.17. The van der Waals surface area contributed by atoms with Gasteiger partial charge in [0.15, 0.2) is 0 Å². The molecule has 1 unspecified atom stereocenters. The first-order chi connectivity index (χ1) is 9.67. The van der Waals surface area contributed by atoms with Gasteiger partial charge in [-0.1, -0.05) is 0 Å². The molecule has 1 aromatic heterocycles. The lowest BCUT2D eigenvalue weighted by molar-refractivity contribution is 0.337. The van der Waals surface area contributed by atoms with Crippen LogP contribution in [0.25, 0.3) is 0 Å². The van der Waals surface area contributed by atoms with Crippen LogP contribution in [-0.2, 0) is 0 Å². The zero-order valence-electron chi connectivity index (χ0n) is 12.3. The van der Waals surface area contributed by atoms with Gasteiger partial charge in [-0.15, -0.1) is 0 Å². The molecular weight excluding hydrogens is 252 g/mol. The van der Waals surface area contributed by atoms with E-state index in [1.165, 1.54) is 12.8 Å². The van der Waals surface area contributed by atoms with Crippen LogP contribution in [0.5, 0.6) is 0 Å². The zero-order valence-corrected chi connectivity index (χ0v) is 12.3. The molecule has 0 radical (unpaired) electrons. The minimum absolute atomic E-state index is 0.454. The third-order valence-corrected chi connectivity index (χ3v) is 4.16. The maximum Gasteiger partial charge on any atom is 0.145 e. The monoisotopic (exact) mass is 276 g/mol. The Morgan fingerprint density at radius 2 is 2.10 bits per heavy atom. The molecule has 1 saturated carbocycles. The summed E-state index contributed by atoms with van der Waals surface area (Å²) in [7, 11) is 2.18. The number of aromatic nitrogens is 2. The van der Waals surface area contributed by atoms with E-state index in [-0.39, 0.29) is 0 Å². The number of nitrogen functional groups attached to an aromatic ring is 1. The van der Waals surface area contributed by atoms with Crippen LogP contribution in [0.15, 0.2) is 6.07 Å². The van der Waals surface area contributed by atoms with Crippen molar-refractivity contribution in [1.29, 1.82) is 0 Å². The number of nitrogens with one attached hydrogen (secondary N) is 1. The first kappa shape index (κ1) is 13.6. The Labute approximate surface area is 120 Å². The van der Waals surface area contributed by atoms with Gasteiger partial charge in [0.05, 0.1) is 0 Å². The second-order valence-electron chi connectivity index (χ2n) is 6.05. The van der Waals surface area contributed by atoms with Gasteiger partial charge in [-0.3, -0.25) is 0 Å². The summed E-state index contributed by atoms with van der Waals surface area (Å²) in [4.78, 5) is 14.0. The number of anilines is 2. The van der Waals surface area contributed by atoms with Crippen molar-refractivity contribution in [3.8, 4) is 0 Å². The molecule has 1 atom stereocenters. The molecule has 3 rings (SSSR count). The highest BCUT2D eigenvalue weighted by Gasteiger charge is 2.29. The molecular formula is C14H24N6. The van der Waals surface area contributed by atoms with E-state index in [0.717, 1.165) is 43.5 Å². The van der Waals surface area contributed by atoms with E-state index in [0.29, 0.717) is 12.0 Å². The van der Waals surface area contributed by atoms with Crippen molar-refractivity contribution in [2.75, 3.05) is 37.0 Å². The number of nitrogens with two attached hydrogens (primary N) is 1. The maximum absolute atomic E-state index is 5.56. The molecule has 0 amide bonds. The Balaban J connectivity index is 1.89. The number of hydrazine groups is 1. The van der Waals surface area contributed by atoms with E-state index in [1.54, 1.807) is 0 Å². The molecule has 1 aliphatic carbocycles. The van der Waals surface area contributed by atoms with Crippen LogP contribution in [0.4, 0.5) is 11.6 Å². The van der Waals surface area contributed by atoms with Gasteiger partial charge in [-0.25, -0.2) is 15.8 Å². The Bertz CT molecular complexity index is 473. The summed E-state index contributed by atoms with van der Waals surface area (Å²) in [6, 6.07) is 2.42. The van der Waals surface area contributed by atoms with Gasteiger partial charge in [0.2, 0.25) is 0 Å². The lowest BCUT2D eigenvalue weighted by Crippen LogP contribution is -2.38. The van der Waals surface area contributed by atoms with E-state index >= 15 is 0 Å². The fourth-order valence-electron chi connectivity index (χ4n) is 2.91. The van der Waals surface area contributed by atoms with Crippen molar-refractivity contribution < 1.29 is 0 Å². The van der Waals surface area contributed by atoms with Gasteiger partial charge >= 0.3 is 0 Å². The van der Waals surface area contributed by atoms with E-state index in [9.17, 15) is 0 Å². The van der Waals surface area contributed by atoms with Crippen molar-refractivity contribution in [3.63, 3.8) is 0 Å². The summed E-state index contributed by atoms with van der Waals surface area (Å²) in [5.41, 5.74) is 2.68. The molecule has 1 aromatic rings. The van der Waals surface area contributed by atoms with Crippen LogP contribution >= 0.6 is 0 Å². The molecule has 2 aliphatic rings. The van der Waals surface area contributed by atoms with Crippen molar-refractivity contribution in [2.24, 2.45) is 5.84 Å². The third-order valence-electron chi connectivity index (χ3n) is 4.16. The zero-order chi connectivity index (χ0) is 14.1. The van der Waals surface area contributed by atoms with Crippen LogP contribution in [0.1, 0.15) is 37.9 Å². The average Bonchev–Trinajstić information content (AvgIpc) is 3.26. The molecule has 0 aromatic carbocycles. The molecule has 0 bridgehead atoms. The fourth-order valence-corrected chi connectivity index (χ4v) is 2.91. The molecule has 20 heavy (non-hydrogen) atoms. The molecule has 6 heteroatoms. The highest BCUT2D eigenvalue weighted by molar-refractivity contribution is 5.50. The summed E-state index contributed by atoms with van der Waals surface area (Å²) >= 11 is 0. The topological polar surface area (TPSA) is 70.3 Å². The average molecular weight is 276 g/mol. The van der Waals surface area contributed by atoms with Crippen molar-refractivity contribution in [2.45, 2.75) is 38.1 Å². The molecule has 3 N–H and O–H groups in total. The minimum atomic E-state index is 0.454. The Morgan fingerprint density at radius 1 is 1.30 bits per heavy atom. The predicted molar refractivity (Wildman–Crippen MR) is 80.7 cm³/mol. The smallest absolute Gasteiger partial charge is 0.145 e. The molecule has 1 aliphatic heterocycles. The van der Waals surface area contributed by atoms with E-state index < -0.39 is 0 Å². The summed E-state index contributed by atoms with van der Waals surface area (Å²) in [6.07, 6.45) is 3.56. The van der Waals surface area contributed by atoms with Crippen LogP contribution in [0, 0.1) is 0 Å². The molecule has 0 spiro atoms. The molecule has 2 heterocycles. The SMILES string of the molecule is CC1CN(C)CCCN1c1cc(NN)nc(C2CC2)n1. The van der Waals surface area contributed by atoms with Crippen molar-refractivity contribution in [1.82, 2.24) is 14.9 Å². The fraction of sp³-hybridized carbons (Fsp3) is 0.714. The number of hydrogen-bond donors (Lipinski definition) is 2. The van der Waals surface area contributed by atoms with Gasteiger partial charge in [-0.2, -0.15) is 0 Å². The van der Waals surface area contributed by atoms with Gasteiger partial charge in [-0.05, 0) is 39.8 Å². The molecule has 110 valence electrons. The normalized spacial score (nSPS) is 24.6. The molecule has 1 saturated heterocycles. The van der Waals surface area contributed by atoms with Crippen LogP contribution in [0.2, 0.25) is 0 Å². The molecule has 2 fully saturated rings. The number of likely N-dealkylation sites (N-methyl/N-ethyl adjacent to an activating group) is 1. The minimum Gasteiger partial charge on any atom is -0.352 e. The first-order valence-corrected chi connectivity index (χ1v) is 7.48. The van der Waals surface area contributed by atoms with E-state index in [2.05, 4.69) is 34.2 Å². The first-order valence-electron chi connectivity index (χ1n) is 7.48. The van der Waals surface area contributed by atoms with Gasteiger partial charge < -0.3 is 15.2 Å². The summed E-state index contributed by atoms with van der Waals surface area (Å²) in [5.74, 6) is 8.77. The highest BCUT2D eigenvalue weighted by atomic mass is 15.3. The second kappa shape index (κ2) is 5.54. The van der Waals surface area contributed by atoms with Crippen LogP contribution < -0.4 is 16.2 Å². The second-order valence-corrected chi connectivity index (χ2v) is 6.05. The standard InChI is InChI=1S/C14H24N6/c1-10-9-19(2)6-3-7-20(10)13-8-12(18-15)16-14(17-13)11-4-5-11/h8,10-11H,3-7,9,15H2,1-2H3,(H,16,17,18). The Kier molecular flexibility index (Phi) is 3.76. The molecule has 6 nitrogen and oxygen atoms in total. The van der Waals surface area contributed by atoms with Gasteiger partial charge in [0, 0.05) is 31.1 Å². The Morgan fingerprint density at radius 3 is 2.80 bits per heavy atom. The summed E-state index contributed by atoms with van der Waals surface area (Å²) in [6.45, 7) is 5.50. The maximum atomic E-state index is 5.56.